The van der Waals surface area contributed by atoms with E-state index in [1.165, 1.54) is 0 Å². The fraction of sp³-hybridized carbons (Fsp3) is 0.562. The Bertz CT molecular complexity index is 639. The number of carbonyl (C=O) groups excluding carboxylic acids is 1. The first-order valence-corrected chi connectivity index (χ1v) is 8.03. The Morgan fingerprint density at radius 2 is 1.76 bits per heavy atom. The van der Waals surface area contributed by atoms with Gasteiger partial charge in [0.1, 0.15) is 0 Å². The molecule has 0 aliphatic heterocycles. The van der Waals surface area contributed by atoms with Crippen molar-refractivity contribution in [3.63, 3.8) is 0 Å². The maximum absolute atomic E-state index is 12.7. The molecule has 2 fully saturated rings. The molecule has 2 aliphatic rings. The van der Waals surface area contributed by atoms with Gasteiger partial charge in [0.05, 0.1) is 9.75 Å². The van der Waals surface area contributed by atoms with E-state index < -0.39 is 4.92 Å². The zero-order valence-corrected chi connectivity index (χ0v) is 13.9. The molecular formula is C16H18BrNO3. The van der Waals surface area contributed by atoms with Crippen LogP contribution in [0.4, 0.5) is 5.69 Å². The smallest absolute Gasteiger partial charge is 0.269 e. The summed E-state index contributed by atoms with van der Waals surface area (Å²) in [5.41, 5.74) is 0.317. The van der Waals surface area contributed by atoms with E-state index in [0.29, 0.717) is 0 Å². The molecule has 0 saturated heterocycles. The fourth-order valence-corrected chi connectivity index (χ4v) is 6.05. The molecule has 21 heavy (non-hydrogen) atoms. The average molecular weight is 352 g/mol. The minimum atomic E-state index is -0.392. The number of hydrogen-bond acceptors (Lipinski definition) is 3. The number of non-ortho nitro benzene ring substituents is 1. The van der Waals surface area contributed by atoms with Crippen molar-refractivity contribution < 1.29 is 9.72 Å². The van der Waals surface area contributed by atoms with Gasteiger partial charge in [-0.15, -0.1) is 0 Å². The SMILES string of the molecule is CC12CCC(c3ccc([N+](=O)[O-])cc3)(C(Br)C1=O)C2(C)C. The maximum Gasteiger partial charge on any atom is 0.269 e. The Kier molecular flexibility index (Phi) is 2.91. The van der Waals surface area contributed by atoms with Crippen molar-refractivity contribution in [2.45, 2.75) is 43.9 Å². The van der Waals surface area contributed by atoms with Crippen LogP contribution < -0.4 is 0 Å². The van der Waals surface area contributed by atoms with E-state index >= 15 is 0 Å². The van der Waals surface area contributed by atoms with Crippen LogP contribution in [0.2, 0.25) is 0 Å². The summed E-state index contributed by atoms with van der Waals surface area (Å²) >= 11 is 3.63. The first-order valence-electron chi connectivity index (χ1n) is 7.12. The molecule has 112 valence electrons. The number of benzene rings is 1. The summed E-state index contributed by atoms with van der Waals surface area (Å²) in [5, 5.41) is 10.8. The molecule has 2 aliphatic carbocycles. The van der Waals surface area contributed by atoms with Gasteiger partial charge in [0.2, 0.25) is 0 Å². The molecule has 0 radical (unpaired) electrons. The quantitative estimate of drug-likeness (QED) is 0.459. The van der Waals surface area contributed by atoms with Gasteiger partial charge in [0.25, 0.3) is 5.69 Å². The highest BCUT2D eigenvalue weighted by Crippen LogP contribution is 2.72. The molecule has 1 aromatic carbocycles. The highest BCUT2D eigenvalue weighted by Gasteiger charge is 2.74. The standard InChI is InChI=1S/C16H18BrNO3/c1-14(2)15(3)8-9-16(14,12(17)13(15)19)10-4-6-11(7-5-10)18(20)21/h4-7,12H,8-9H2,1-3H3. The van der Waals surface area contributed by atoms with Gasteiger partial charge in [0, 0.05) is 23.0 Å². The number of ketones is 1. The molecule has 1 aromatic rings. The van der Waals surface area contributed by atoms with Crippen LogP contribution in [0.3, 0.4) is 0 Å². The molecule has 3 atom stereocenters. The Labute approximate surface area is 132 Å². The number of fused-ring (bicyclic) bond motifs is 2. The van der Waals surface area contributed by atoms with Crippen LogP contribution in [0, 0.1) is 20.9 Å². The van der Waals surface area contributed by atoms with E-state index in [1.807, 2.05) is 12.1 Å². The lowest BCUT2D eigenvalue weighted by Crippen LogP contribution is -2.41. The predicted octanol–water partition coefficient (Wildman–Crippen LogP) is 4.01. The average Bonchev–Trinajstić information content (AvgIpc) is 2.71. The molecule has 0 aromatic heterocycles. The van der Waals surface area contributed by atoms with E-state index in [1.54, 1.807) is 12.1 Å². The maximum atomic E-state index is 12.7. The summed E-state index contributed by atoms with van der Waals surface area (Å²) in [6.07, 6.45) is 1.80. The van der Waals surface area contributed by atoms with Crippen molar-refractivity contribution in [1.82, 2.24) is 0 Å². The van der Waals surface area contributed by atoms with Crippen LogP contribution in [0.1, 0.15) is 39.2 Å². The van der Waals surface area contributed by atoms with E-state index in [-0.39, 0.29) is 32.5 Å². The lowest BCUT2D eigenvalue weighted by atomic mass is 9.62. The van der Waals surface area contributed by atoms with Crippen LogP contribution in [0.5, 0.6) is 0 Å². The number of nitro benzene ring substituents is 1. The zero-order chi connectivity index (χ0) is 15.6. The second-order valence-corrected chi connectivity index (χ2v) is 7.87. The van der Waals surface area contributed by atoms with Crippen molar-refractivity contribution >= 4 is 27.4 Å². The Morgan fingerprint density at radius 3 is 2.19 bits per heavy atom. The Morgan fingerprint density at radius 1 is 1.19 bits per heavy atom. The van der Waals surface area contributed by atoms with Crippen LogP contribution >= 0.6 is 15.9 Å². The minimum absolute atomic E-state index is 0.0872. The first-order chi connectivity index (χ1) is 9.68. The topological polar surface area (TPSA) is 60.2 Å². The summed E-state index contributed by atoms with van der Waals surface area (Å²) in [4.78, 5) is 22.9. The molecule has 2 saturated carbocycles. The second kappa shape index (κ2) is 4.15. The van der Waals surface area contributed by atoms with Gasteiger partial charge >= 0.3 is 0 Å². The third kappa shape index (κ3) is 1.48. The minimum Gasteiger partial charge on any atom is -0.298 e. The van der Waals surface area contributed by atoms with Crippen molar-refractivity contribution in [2.75, 3.05) is 0 Å². The third-order valence-corrected chi connectivity index (χ3v) is 7.51. The first kappa shape index (κ1) is 14.7. The summed E-state index contributed by atoms with van der Waals surface area (Å²) < 4.78 is 0. The van der Waals surface area contributed by atoms with Gasteiger partial charge in [-0.3, -0.25) is 14.9 Å². The summed E-state index contributed by atoms with van der Waals surface area (Å²) in [5.74, 6) is 0.261. The summed E-state index contributed by atoms with van der Waals surface area (Å²) in [6, 6.07) is 6.72. The molecule has 3 rings (SSSR count). The van der Waals surface area contributed by atoms with E-state index in [4.69, 9.17) is 0 Å². The van der Waals surface area contributed by atoms with Gasteiger partial charge in [-0.05, 0) is 23.8 Å². The van der Waals surface area contributed by atoms with Crippen molar-refractivity contribution in [3.8, 4) is 0 Å². The molecule has 3 unspecified atom stereocenters. The van der Waals surface area contributed by atoms with E-state index in [9.17, 15) is 14.9 Å². The number of alkyl halides is 1. The molecule has 4 nitrogen and oxygen atoms in total. The monoisotopic (exact) mass is 351 g/mol. The zero-order valence-electron chi connectivity index (χ0n) is 12.4. The number of nitrogens with zero attached hydrogens (tertiary/aromatic N) is 1. The Hall–Kier alpha value is -1.23. The lowest BCUT2D eigenvalue weighted by molar-refractivity contribution is -0.384. The number of hydrogen-bond donors (Lipinski definition) is 0. The highest BCUT2D eigenvalue weighted by molar-refractivity contribution is 9.10. The number of Topliss-reactive ketones (excluding diaryl/α,β-unsaturated/α-hetero) is 1. The number of nitro groups is 1. The molecule has 5 heteroatoms. The number of rotatable bonds is 2. The van der Waals surface area contributed by atoms with Gasteiger partial charge < -0.3 is 0 Å². The van der Waals surface area contributed by atoms with Crippen molar-refractivity contribution in [2.24, 2.45) is 10.8 Å². The molecule has 0 amide bonds. The van der Waals surface area contributed by atoms with Crippen LogP contribution in [-0.4, -0.2) is 15.5 Å². The number of halogens is 1. The normalized spacial score (nSPS) is 37.0. The van der Waals surface area contributed by atoms with Crippen LogP contribution in [-0.2, 0) is 10.2 Å². The third-order valence-electron chi connectivity index (χ3n) is 6.31. The fourth-order valence-electron chi connectivity index (χ4n) is 4.47. The van der Waals surface area contributed by atoms with Gasteiger partial charge in [-0.25, -0.2) is 0 Å². The Balaban J connectivity index is 2.16. The largest absolute Gasteiger partial charge is 0.298 e. The highest BCUT2D eigenvalue weighted by atomic mass is 79.9. The van der Waals surface area contributed by atoms with Gasteiger partial charge in [0.15, 0.2) is 5.78 Å². The summed E-state index contributed by atoms with van der Waals surface area (Å²) in [7, 11) is 0. The molecule has 0 spiro atoms. The lowest BCUT2D eigenvalue weighted by Gasteiger charge is -2.41. The van der Waals surface area contributed by atoms with Crippen molar-refractivity contribution in [1.29, 1.82) is 0 Å². The van der Waals surface area contributed by atoms with Gasteiger partial charge in [-0.1, -0.05) is 48.8 Å². The van der Waals surface area contributed by atoms with Crippen LogP contribution in [0.15, 0.2) is 24.3 Å². The van der Waals surface area contributed by atoms with E-state index in [0.717, 1.165) is 18.4 Å². The van der Waals surface area contributed by atoms with Crippen molar-refractivity contribution in [3.05, 3.63) is 39.9 Å². The molecule has 2 bridgehead atoms. The predicted molar refractivity (Wildman–Crippen MR) is 83.6 cm³/mol. The molecule has 0 N–H and O–H groups in total. The van der Waals surface area contributed by atoms with Crippen LogP contribution in [0.25, 0.3) is 0 Å². The molecular weight excluding hydrogens is 334 g/mol. The second-order valence-electron chi connectivity index (χ2n) is 6.96. The van der Waals surface area contributed by atoms with E-state index in [2.05, 4.69) is 36.7 Å². The summed E-state index contributed by atoms with van der Waals surface area (Å²) in [6.45, 7) is 6.37. The molecule has 0 heterocycles. The number of carbonyl (C=O) groups is 1. The van der Waals surface area contributed by atoms with Gasteiger partial charge in [-0.2, -0.15) is 0 Å².